The van der Waals surface area contributed by atoms with Gasteiger partial charge in [0.15, 0.2) is 0 Å². The number of benzene rings is 2. The van der Waals surface area contributed by atoms with Crippen LogP contribution in [-0.4, -0.2) is 13.7 Å². The number of anilines is 1. The summed E-state index contributed by atoms with van der Waals surface area (Å²) in [5.41, 5.74) is 7.61. The molecule has 0 saturated carbocycles. The van der Waals surface area contributed by atoms with E-state index in [0.717, 1.165) is 18.7 Å². The van der Waals surface area contributed by atoms with Crippen LogP contribution in [0.3, 0.4) is 0 Å². The minimum absolute atomic E-state index is 0.991. The minimum Gasteiger partial charge on any atom is -0.496 e. The smallest absolute Gasteiger partial charge is 0.129 e. The highest BCUT2D eigenvalue weighted by Crippen LogP contribution is 2.40. The van der Waals surface area contributed by atoms with E-state index < -0.39 is 0 Å². The molecule has 0 amide bonds. The lowest BCUT2D eigenvalue weighted by atomic mass is 9.93. The van der Waals surface area contributed by atoms with Gasteiger partial charge in [0.05, 0.1) is 7.11 Å². The van der Waals surface area contributed by atoms with Crippen molar-refractivity contribution in [3.63, 3.8) is 0 Å². The van der Waals surface area contributed by atoms with Gasteiger partial charge in [-0.1, -0.05) is 30.3 Å². The number of ether oxygens (including phenoxy) is 1. The first-order chi connectivity index (χ1) is 9.72. The van der Waals surface area contributed by atoms with Gasteiger partial charge in [-0.2, -0.15) is 0 Å². The molecule has 104 valence electrons. The van der Waals surface area contributed by atoms with Crippen molar-refractivity contribution in [2.45, 2.75) is 26.7 Å². The molecule has 0 spiro atoms. The first-order valence-corrected chi connectivity index (χ1v) is 7.22. The minimum atomic E-state index is 0.991. The maximum absolute atomic E-state index is 5.67. The molecule has 2 heteroatoms. The lowest BCUT2D eigenvalue weighted by molar-refractivity contribution is 0.413. The van der Waals surface area contributed by atoms with Gasteiger partial charge in [0, 0.05) is 23.4 Å². The molecule has 0 fully saturated rings. The maximum Gasteiger partial charge on any atom is 0.129 e. The molecule has 1 N–H and O–H groups in total. The molecule has 1 heterocycles. The summed E-state index contributed by atoms with van der Waals surface area (Å²) in [6, 6.07) is 10.9. The van der Waals surface area contributed by atoms with Gasteiger partial charge in [0.2, 0.25) is 0 Å². The van der Waals surface area contributed by atoms with Gasteiger partial charge in [-0.15, -0.1) is 0 Å². The molecule has 0 radical (unpaired) electrons. The van der Waals surface area contributed by atoms with Crippen molar-refractivity contribution in [3.8, 4) is 16.9 Å². The van der Waals surface area contributed by atoms with Gasteiger partial charge in [-0.05, 0) is 43.4 Å². The average Bonchev–Trinajstić information content (AvgIpc) is 2.49. The molecule has 1 aliphatic heterocycles. The van der Waals surface area contributed by atoms with Crippen LogP contribution in [0.25, 0.3) is 11.1 Å². The lowest BCUT2D eigenvalue weighted by Gasteiger charge is -2.23. The Morgan fingerprint density at radius 1 is 1.05 bits per heavy atom. The van der Waals surface area contributed by atoms with Crippen LogP contribution in [0.1, 0.15) is 23.1 Å². The molecule has 20 heavy (non-hydrogen) atoms. The van der Waals surface area contributed by atoms with E-state index in [9.17, 15) is 0 Å². The van der Waals surface area contributed by atoms with Crippen LogP contribution in [0.2, 0.25) is 0 Å². The number of nitrogens with one attached hydrogen (secondary N) is 1. The molecule has 0 atom stereocenters. The molecular weight excluding hydrogens is 246 g/mol. The van der Waals surface area contributed by atoms with E-state index in [1.165, 1.54) is 39.9 Å². The van der Waals surface area contributed by atoms with Crippen molar-refractivity contribution < 1.29 is 4.74 Å². The summed E-state index contributed by atoms with van der Waals surface area (Å²) < 4.78 is 5.67. The summed E-state index contributed by atoms with van der Waals surface area (Å²) in [7, 11) is 1.76. The van der Waals surface area contributed by atoms with Gasteiger partial charge in [0.1, 0.15) is 5.75 Å². The van der Waals surface area contributed by atoms with Crippen LogP contribution < -0.4 is 10.1 Å². The standard InChI is InChI=1S/C18H21NO/c1-12-9-10-16(18(20-3)13(12)2)15-8-4-6-14-7-5-11-19-17(14)15/h4,6,8-10,19H,5,7,11H2,1-3H3. The highest BCUT2D eigenvalue weighted by molar-refractivity contribution is 5.85. The Labute approximate surface area is 120 Å². The van der Waals surface area contributed by atoms with Gasteiger partial charge < -0.3 is 10.1 Å². The number of rotatable bonds is 2. The Hall–Kier alpha value is -1.96. The second-order valence-corrected chi connectivity index (χ2v) is 5.46. The van der Waals surface area contributed by atoms with Crippen molar-refractivity contribution in [2.75, 3.05) is 19.0 Å². The topological polar surface area (TPSA) is 21.3 Å². The number of aryl methyl sites for hydroxylation is 2. The van der Waals surface area contributed by atoms with E-state index >= 15 is 0 Å². The van der Waals surface area contributed by atoms with Crippen molar-refractivity contribution in [2.24, 2.45) is 0 Å². The molecule has 0 aliphatic carbocycles. The zero-order valence-electron chi connectivity index (χ0n) is 12.4. The Morgan fingerprint density at radius 2 is 1.90 bits per heavy atom. The van der Waals surface area contributed by atoms with Crippen LogP contribution in [0.15, 0.2) is 30.3 Å². The third kappa shape index (κ3) is 2.05. The normalized spacial score (nSPS) is 13.6. The summed E-state index contributed by atoms with van der Waals surface area (Å²) in [6.45, 7) is 5.30. The largest absolute Gasteiger partial charge is 0.496 e. The number of hydrogen-bond donors (Lipinski definition) is 1. The van der Waals surface area contributed by atoms with Crippen LogP contribution in [0, 0.1) is 13.8 Å². The predicted molar refractivity (Wildman–Crippen MR) is 84.7 cm³/mol. The first-order valence-electron chi connectivity index (χ1n) is 7.22. The molecule has 0 saturated heterocycles. The summed E-state index contributed by atoms with van der Waals surface area (Å²) >= 11 is 0. The molecule has 0 aromatic heterocycles. The third-order valence-electron chi connectivity index (χ3n) is 4.25. The zero-order valence-corrected chi connectivity index (χ0v) is 12.4. The Morgan fingerprint density at radius 3 is 2.70 bits per heavy atom. The molecule has 0 unspecified atom stereocenters. The van der Waals surface area contributed by atoms with Gasteiger partial charge in [-0.25, -0.2) is 0 Å². The first kappa shape index (κ1) is 13.0. The highest BCUT2D eigenvalue weighted by atomic mass is 16.5. The van der Waals surface area contributed by atoms with Crippen LogP contribution in [0.4, 0.5) is 5.69 Å². The summed E-state index contributed by atoms with van der Waals surface area (Å²) in [5, 5.41) is 3.56. The molecule has 2 aromatic rings. The van der Waals surface area contributed by atoms with E-state index in [1.807, 2.05) is 0 Å². The van der Waals surface area contributed by atoms with Crippen LogP contribution in [-0.2, 0) is 6.42 Å². The third-order valence-corrected chi connectivity index (χ3v) is 4.25. The number of fused-ring (bicyclic) bond motifs is 1. The fraction of sp³-hybridized carbons (Fsp3) is 0.333. The molecule has 3 rings (SSSR count). The van der Waals surface area contributed by atoms with Crippen molar-refractivity contribution in [1.82, 2.24) is 0 Å². The molecule has 2 nitrogen and oxygen atoms in total. The van der Waals surface area contributed by atoms with Crippen molar-refractivity contribution in [3.05, 3.63) is 47.0 Å². The number of methoxy groups -OCH3 is 1. The van der Waals surface area contributed by atoms with Crippen LogP contribution in [0.5, 0.6) is 5.75 Å². The molecule has 0 bridgehead atoms. The van der Waals surface area contributed by atoms with E-state index in [1.54, 1.807) is 7.11 Å². The van der Waals surface area contributed by atoms with E-state index in [4.69, 9.17) is 4.74 Å². The van der Waals surface area contributed by atoms with Crippen LogP contribution >= 0.6 is 0 Å². The Balaban J connectivity index is 2.22. The van der Waals surface area contributed by atoms with E-state index in [0.29, 0.717) is 0 Å². The number of hydrogen-bond acceptors (Lipinski definition) is 2. The SMILES string of the molecule is COc1c(-c2cccc3c2NCCC3)ccc(C)c1C. The summed E-state index contributed by atoms with van der Waals surface area (Å²) in [6.07, 6.45) is 2.36. The highest BCUT2D eigenvalue weighted by Gasteiger charge is 2.17. The Bertz CT molecular complexity index is 646. The molecule has 2 aromatic carbocycles. The zero-order chi connectivity index (χ0) is 14.1. The second-order valence-electron chi connectivity index (χ2n) is 5.46. The monoisotopic (exact) mass is 267 g/mol. The van der Waals surface area contributed by atoms with Gasteiger partial charge >= 0.3 is 0 Å². The second kappa shape index (κ2) is 5.20. The number of para-hydroxylation sites is 1. The molecule has 1 aliphatic rings. The van der Waals surface area contributed by atoms with Gasteiger partial charge in [-0.3, -0.25) is 0 Å². The van der Waals surface area contributed by atoms with Gasteiger partial charge in [0.25, 0.3) is 0 Å². The predicted octanol–water partition coefficient (Wildman–Crippen LogP) is 4.34. The summed E-state index contributed by atoms with van der Waals surface area (Å²) in [4.78, 5) is 0. The Kier molecular flexibility index (Phi) is 3.39. The van der Waals surface area contributed by atoms with Crippen molar-refractivity contribution >= 4 is 5.69 Å². The van der Waals surface area contributed by atoms with Crippen molar-refractivity contribution in [1.29, 1.82) is 0 Å². The fourth-order valence-corrected chi connectivity index (χ4v) is 3.00. The maximum atomic E-state index is 5.67. The van der Waals surface area contributed by atoms with E-state index in [2.05, 4.69) is 49.5 Å². The quantitative estimate of drug-likeness (QED) is 0.874. The lowest BCUT2D eigenvalue weighted by Crippen LogP contribution is -2.12. The fourth-order valence-electron chi connectivity index (χ4n) is 3.00. The summed E-state index contributed by atoms with van der Waals surface area (Å²) in [5.74, 6) is 0.991. The average molecular weight is 267 g/mol. The van der Waals surface area contributed by atoms with E-state index in [-0.39, 0.29) is 0 Å². The molecular formula is C18H21NO.